The molecule has 3 unspecified atom stereocenters. The van der Waals surface area contributed by atoms with E-state index in [9.17, 15) is 14.7 Å². The fraction of sp³-hybridized carbons (Fsp3) is 0.800. The number of carboxylic acid groups (broad SMARTS) is 1. The summed E-state index contributed by atoms with van der Waals surface area (Å²) in [6, 6.07) is 0. The molecule has 0 aromatic carbocycles. The molecule has 0 saturated heterocycles. The molecule has 0 aliphatic rings. The maximum atomic E-state index is 11.3. The highest BCUT2D eigenvalue weighted by molar-refractivity contribution is 7.58. The summed E-state index contributed by atoms with van der Waals surface area (Å²) in [5, 5.41) is 18.0. The van der Waals surface area contributed by atoms with Crippen LogP contribution in [0.3, 0.4) is 0 Å². The van der Waals surface area contributed by atoms with Crippen LogP contribution in [-0.2, 0) is 9.59 Å². The Labute approximate surface area is 91.9 Å². The number of rotatable bonds is 8. The quantitative estimate of drug-likeness (QED) is 0.628. The van der Waals surface area contributed by atoms with Crippen molar-refractivity contribution in [3.8, 4) is 0 Å². The minimum atomic E-state index is -0.962. The van der Waals surface area contributed by atoms with Crippen LogP contribution in [0.5, 0.6) is 0 Å². The number of carbonyl (C=O) groups excluding carboxylic acids is 1. The van der Waals surface area contributed by atoms with E-state index < -0.39 is 17.7 Å². The van der Waals surface area contributed by atoms with Crippen LogP contribution in [0.25, 0.3) is 0 Å². The summed E-state index contributed by atoms with van der Waals surface area (Å²) in [7, 11) is -0.172. The number of aliphatic carboxylic acids is 1. The van der Waals surface area contributed by atoms with E-state index in [1.807, 2.05) is 6.92 Å². The standard InChI is InChI=1S/C10H19O4P/c1-3-4-5-8(11)15-9(12)6-7(2)10(13)14/h7-8,11,15H,3-6H2,1-2H3,(H,13,14). The van der Waals surface area contributed by atoms with Gasteiger partial charge >= 0.3 is 5.97 Å². The fourth-order valence-corrected chi connectivity index (χ4v) is 2.22. The Hall–Kier alpha value is -0.470. The fourth-order valence-electron chi connectivity index (χ4n) is 1.08. The van der Waals surface area contributed by atoms with Gasteiger partial charge in [0.05, 0.1) is 11.8 Å². The molecule has 4 nitrogen and oxygen atoms in total. The van der Waals surface area contributed by atoms with Gasteiger partial charge in [0, 0.05) is 6.42 Å². The van der Waals surface area contributed by atoms with Crippen molar-refractivity contribution < 1.29 is 19.8 Å². The monoisotopic (exact) mass is 234 g/mol. The lowest BCUT2D eigenvalue weighted by Crippen LogP contribution is -2.14. The zero-order valence-corrected chi connectivity index (χ0v) is 10.2. The maximum absolute atomic E-state index is 11.3. The van der Waals surface area contributed by atoms with Gasteiger partial charge in [0.2, 0.25) is 0 Å². The number of aliphatic hydroxyl groups excluding tert-OH is 1. The van der Waals surface area contributed by atoms with Crippen LogP contribution in [0.1, 0.15) is 39.5 Å². The van der Waals surface area contributed by atoms with Gasteiger partial charge in [0.1, 0.15) is 0 Å². The molecule has 0 fully saturated rings. The maximum Gasteiger partial charge on any atom is 0.306 e. The second-order valence-corrected chi connectivity index (χ2v) is 5.18. The lowest BCUT2D eigenvalue weighted by Gasteiger charge is -2.10. The van der Waals surface area contributed by atoms with Crippen molar-refractivity contribution in [2.45, 2.75) is 45.4 Å². The summed E-state index contributed by atoms with van der Waals surface area (Å²) in [4.78, 5) is 21.8. The number of carboxylic acids is 1. The average Bonchev–Trinajstić information content (AvgIpc) is 2.14. The summed E-state index contributed by atoms with van der Waals surface area (Å²) in [5.74, 6) is -2.20. The zero-order valence-electron chi connectivity index (χ0n) is 9.19. The first-order valence-electron chi connectivity index (χ1n) is 5.17. The Morgan fingerprint density at radius 3 is 2.47 bits per heavy atom. The Bertz CT molecular complexity index is 217. The third-order valence-electron chi connectivity index (χ3n) is 2.07. The molecular formula is C10H19O4P. The molecular weight excluding hydrogens is 215 g/mol. The summed E-state index contributed by atoms with van der Waals surface area (Å²) < 4.78 is 0. The Kier molecular flexibility index (Phi) is 7.53. The van der Waals surface area contributed by atoms with Crippen LogP contribution in [0.2, 0.25) is 0 Å². The number of unbranched alkanes of at least 4 members (excludes halogenated alkanes) is 1. The van der Waals surface area contributed by atoms with E-state index in [1.165, 1.54) is 6.92 Å². The van der Waals surface area contributed by atoms with E-state index in [-0.39, 0.29) is 20.5 Å². The second-order valence-electron chi connectivity index (χ2n) is 3.67. The molecule has 15 heavy (non-hydrogen) atoms. The van der Waals surface area contributed by atoms with Gasteiger partial charge in [-0.25, -0.2) is 0 Å². The normalized spacial score (nSPS) is 15.4. The predicted octanol–water partition coefficient (Wildman–Crippen LogP) is 1.81. The molecule has 0 aliphatic heterocycles. The highest BCUT2D eigenvalue weighted by Gasteiger charge is 2.17. The predicted molar refractivity (Wildman–Crippen MR) is 60.3 cm³/mol. The van der Waals surface area contributed by atoms with E-state index in [0.29, 0.717) is 6.42 Å². The highest BCUT2D eigenvalue weighted by Crippen LogP contribution is 2.25. The van der Waals surface area contributed by atoms with Crippen molar-refractivity contribution in [1.82, 2.24) is 0 Å². The molecule has 5 heteroatoms. The first-order valence-corrected chi connectivity index (χ1v) is 6.25. The van der Waals surface area contributed by atoms with E-state index >= 15 is 0 Å². The number of carbonyl (C=O) groups is 2. The molecule has 88 valence electrons. The van der Waals surface area contributed by atoms with Gasteiger partial charge in [0.25, 0.3) is 0 Å². The highest BCUT2D eigenvalue weighted by atomic mass is 31.1. The molecule has 0 saturated carbocycles. The first-order chi connectivity index (χ1) is 6.97. The average molecular weight is 234 g/mol. The molecule has 0 amide bonds. The molecule has 0 heterocycles. The summed E-state index contributed by atoms with van der Waals surface area (Å²) in [5.41, 5.74) is -0.145. The molecule has 0 aromatic heterocycles. The van der Waals surface area contributed by atoms with E-state index in [1.54, 1.807) is 0 Å². The molecule has 0 aromatic rings. The number of hydrogen-bond donors (Lipinski definition) is 2. The molecule has 2 N–H and O–H groups in total. The van der Waals surface area contributed by atoms with Crippen LogP contribution in [0.15, 0.2) is 0 Å². The lowest BCUT2D eigenvalue weighted by molar-refractivity contribution is -0.142. The van der Waals surface area contributed by atoms with Gasteiger partial charge in [-0.3, -0.25) is 9.59 Å². The summed E-state index contributed by atoms with van der Waals surface area (Å²) >= 11 is 0. The van der Waals surface area contributed by atoms with E-state index in [2.05, 4.69) is 0 Å². The molecule has 0 aliphatic carbocycles. The molecule has 0 spiro atoms. The van der Waals surface area contributed by atoms with E-state index in [4.69, 9.17) is 5.11 Å². The van der Waals surface area contributed by atoms with Gasteiger partial charge in [-0.05, 0) is 15.0 Å². The van der Waals surface area contributed by atoms with Crippen molar-refractivity contribution in [3.05, 3.63) is 0 Å². The summed E-state index contributed by atoms with van der Waals surface area (Å²) in [6.45, 7) is 3.52. The minimum absolute atomic E-state index is 0.0248. The molecule has 3 atom stereocenters. The van der Waals surface area contributed by atoms with Crippen LogP contribution in [0.4, 0.5) is 0 Å². The number of hydrogen-bond acceptors (Lipinski definition) is 3. The van der Waals surface area contributed by atoms with Gasteiger partial charge < -0.3 is 10.2 Å². The van der Waals surface area contributed by atoms with Gasteiger partial charge in [-0.1, -0.05) is 26.7 Å². The molecule has 0 bridgehead atoms. The van der Waals surface area contributed by atoms with Crippen LogP contribution in [-0.4, -0.2) is 27.6 Å². The Balaban J connectivity index is 3.77. The number of aliphatic hydroxyl groups is 1. The zero-order chi connectivity index (χ0) is 11.8. The SMILES string of the molecule is CCCCC(O)PC(=O)CC(C)C(=O)O. The minimum Gasteiger partial charge on any atom is -0.481 e. The van der Waals surface area contributed by atoms with Crippen molar-refractivity contribution in [1.29, 1.82) is 0 Å². The van der Waals surface area contributed by atoms with Crippen molar-refractivity contribution in [2.75, 3.05) is 0 Å². The summed E-state index contributed by atoms with van der Waals surface area (Å²) in [6.07, 6.45) is 2.54. The molecule has 0 rings (SSSR count). The third-order valence-corrected chi connectivity index (χ3v) is 3.22. The Morgan fingerprint density at radius 1 is 1.40 bits per heavy atom. The largest absolute Gasteiger partial charge is 0.481 e. The topological polar surface area (TPSA) is 74.6 Å². The van der Waals surface area contributed by atoms with E-state index in [0.717, 1.165) is 12.8 Å². The van der Waals surface area contributed by atoms with Gasteiger partial charge in [-0.15, -0.1) is 0 Å². The van der Waals surface area contributed by atoms with Gasteiger partial charge in [0.15, 0.2) is 5.52 Å². The Morgan fingerprint density at radius 2 is 2.00 bits per heavy atom. The van der Waals surface area contributed by atoms with Crippen LogP contribution < -0.4 is 0 Å². The van der Waals surface area contributed by atoms with Crippen molar-refractivity contribution >= 4 is 20.1 Å². The second kappa shape index (κ2) is 7.77. The third kappa shape index (κ3) is 7.46. The smallest absolute Gasteiger partial charge is 0.306 e. The van der Waals surface area contributed by atoms with Crippen molar-refractivity contribution in [2.24, 2.45) is 5.92 Å². The van der Waals surface area contributed by atoms with Crippen LogP contribution >= 0.6 is 8.58 Å². The van der Waals surface area contributed by atoms with Gasteiger partial charge in [-0.2, -0.15) is 0 Å². The lowest BCUT2D eigenvalue weighted by atomic mass is 10.1. The van der Waals surface area contributed by atoms with Crippen LogP contribution in [0, 0.1) is 5.92 Å². The van der Waals surface area contributed by atoms with Crippen molar-refractivity contribution in [3.63, 3.8) is 0 Å². The molecule has 0 radical (unpaired) electrons. The first kappa shape index (κ1) is 14.5.